The Morgan fingerprint density at radius 2 is 1.66 bits per heavy atom. The summed E-state index contributed by atoms with van der Waals surface area (Å²) in [5, 5.41) is 0. The number of esters is 2. The van der Waals surface area contributed by atoms with Gasteiger partial charge in [0.05, 0.1) is 25.4 Å². The minimum absolute atomic E-state index is 0.0751. The van der Waals surface area contributed by atoms with Crippen molar-refractivity contribution in [2.75, 3.05) is 26.4 Å². The van der Waals surface area contributed by atoms with E-state index in [0.717, 1.165) is 38.0 Å². The highest BCUT2D eigenvalue weighted by Crippen LogP contribution is 2.37. The first-order valence-corrected chi connectivity index (χ1v) is 15.8. The highest BCUT2D eigenvalue weighted by molar-refractivity contribution is 5.88. The average Bonchev–Trinajstić information content (AvgIpc) is 3.00. The maximum atomic E-state index is 12.6. The number of unbranched alkanes of at least 4 members (excludes halogenated alkanes) is 2. The molecule has 228 valence electrons. The summed E-state index contributed by atoms with van der Waals surface area (Å²) in [6.45, 7) is 12.4. The van der Waals surface area contributed by atoms with Crippen molar-refractivity contribution in [1.82, 2.24) is 0 Å². The zero-order chi connectivity index (χ0) is 29.5. The zero-order valence-electron chi connectivity index (χ0n) is 25.5. The van der Waals surface area contributed by atoms with Crippen LogP contribution in [0.4, 0.5) is 0 Å². The molecule has 0 aromatic heterocycles. The molecule has 6 nitrogen and oxygen atoms in total. The van der Waals surface area contributed by atoms with Gasteiger partial charge in [0.25, 0.3) is 0 Å². The average molecular weight is 569 g/mol. The second-order valence-corrected chi connectivity index (χ2v) is 12.0. The van der Waals surface area contributed by atoms with Gasteiger partial charge < -0.3 is 18.9 Å². The number of carbonyl (C=O) groups excluding carboxylic acids is 2. The molecule has 0 amide bonds. The van der Waals surface area contributed by atoms with E-state index in [2.05, 4.69) is 44.3 Å². The van der Waals surface area contributed by atoms with Gasteiger partial charge in [-0.1, -0.05) is 70.0 Å². The summed E-state index contributed by atoms with van der Waals surface area (Å²) >= 11 is 0. The lowest BCUT2D eigenvalue weighted by molar-refractivity contribution is -0.161. The van der Waals surface area contributed by atoms with Crippen LogP contribution in [-0.4, -0.2) is 44.7 Å². The maximum absolute atomic E-state index is 12.6. The molecule has 2 fully saturated rings. The maximum Gasteiger partial charge on any atom is 0.335 e. The molecule has 1 heterocycles. The van der Waals surface area contributed by atoms with Gasteiger partial charge in [-0.15, -0.1) is 0 Å². The monoisotopic (exact) mass is 568 g/mol. The van der Waals surface area contributed by atoms with Gasteiger partial charge in [-0.25, -0.2) is 9.59 Å². The summed E-state index contributed by atoms with van der Waals surface area (Å²) in [5.74, 6) is 0.512. The molecule has 3 rings (SSSR count). The van der Waals surface area contributed by atoms with Crippen LogP contribution in [0.25, 0.3) is 0 Å². The predicted octanol–water partition coefficient (Wildman–Crippen LogP) is 7.85. The molecule has 6 heteroatoms. The Morgan fingerprint density at radius 1 is 0.951 bits per heavy atom. The molecule has 1 saturated carbocycles. The summed E-state index contributed by atoms with van der Waals surface area (Å²) in [4.78, 5) is 24.6. The smallest absolute Gasteiger partial charge is 0.335 e. The van der Waals surface area contributed by atoms with Gasteiger partial charge in [0.15, 0.2) is 6.29 Å². The van der Waals surface area contributed by atoms with Crippen LogP contribution < -0.4 is 0 Å². The van der Waals surface area contributed by atoms with Crippen molar-refractivity contribution in [2.45, 2.75) is 110 Å². The van der Waals surface area contributed by atoms with Crippen LogP contribution in [0.2, 0.25) is 0 Å². The Morgan fingerprint density at radius 3 is 2.29 bits per heavy atom. The fraction of sp³-hybridized carbons (Fsp3) is 0.657. The van der Waals surface area contributed by atoms with E-state index in [4.69, 9.17) is 18.9 Å². The largest absolute Gasteiger partial charge is 0.462 e. The fourth-order valence-corrected chi connectivity index (χ4v) is 5.72. The van der Waals surface area contributed by atoms with Crippen LogP contribution >= 0.6 is 0 Å². The molecule has 0 bridgehead atoms. The summed E-state index contributed by atoms with van der Waals surface area (Å²) < 4.78 is 22.2. The summed E-state index contributed by atoms with van der Waals surface area (Å²) in [6, 6.07) is 9.01. The molecular formula is C35H52O6. The van der Waals surface area contributed by atoms with E-state index < -0.39 is 11.9 Å². The molecule has 2 atom stereocenters. The molecule has 2 aliphatic rings. The quantitative estimate of drug-likeness (QED) is 0.108. The van der Waals surface area contributed by atoms with Crippen molar-refractivity contribution in [1.29, 1.82) is 0 Å². The summed E-state index contributed by atoms with van der Waals surface area (Å²) in [7, 11) is 0. The SMILES string of the molecule is C=C(C)C(=O)OCC(CCc1ccc(C2CCC(CCCCC)CC2)cc1)COC(=O)C(=C)COC1CCCCO1. The number of benzene rings is 1. The summed E-state index contributed by atoms with van der Waals surface area (Å²) in [6.07, 6.45) is 14.9. The Labute approximate surface area is 247 Å². The van der Waals surface area contributed by atoms with Crippen molar-refractivity contribution < 1.29 is 28.5 Å². The molecule has 1 aromatic carbocycles. The van der Waals surface area contributed by atoms with E-state index in [1.54, 1.807) is 6.92 Å². The van der Waals surface area contributed by atoms with Gasteiger partial charge in [-0.3, -0.25) is 0 Å². The van der Waals surface area contributed by atoms with Gasteiger partial charge in [0.2, 0.25) is 0 Å². The molecule has 0 spiro atoms. The van der Waals surface area contributed by atoms with Crippen LogP contribution in [0.15, 0.2) is 48.6 Å². The minimum atomic E-state index is -0.499. The predicted molar refractivity (Wildman–Crippen MR) is 163 cm³/mol. The first kappa shape index (κ1) is 33.1. The standard InChI is InChI=1S/C35H52O6/c1-5-6-7-10-28-14-18-31(19-15-28)32-20-16-29(17-21-32)12-13-30(24-40-34(36)26(2)3)25-41-35(37)27(4)23-39-33-11-8-9-22-38-33/h16-17,20-21,28,30-31,33H,2,4-15,18-19,22-25H2,1,3H3. The van der Waals surface area contributed by atoms with Gasteiger partial charge in [-0.2, -0.15) is 0 Å². The van der Waals surface area contributed by atoms with E-state index in [-0.39, 0.29) is 37.6 Å². The Balaban J connectivity index is 1.45. The van der Waals surface area contributed by atoms with E-state index in [0.29, 0.717) is 18.1 Å². The summed E-state index contributed by atoms with van der Waals surface area (Å²) in [5.41, 5.74) is 3.28. The lowest BCUT2D eigenvalue weighted by atomic mass is 9.77. The first-order valence-electron chi connectivity index (χ1n) is 15.8. The Kier molecular flexibility index (Phi) is 14.7. The molecule has 41 heavy (non-hydrogen) atoms. The van der Waals surface area contributed by atoms with Crippen molar-refractivity contribution in [3.8, 4) is 0 Å². The second kappa shape index (κ2) is 18.2. The normalized spacial score (nSPS) is 21.6. The lowest BCUT2D eigenvalue weighted by Gasteiger charge is -2.29. The third kappa shape index (κ3) is 12.1. The second-order valence-electron chi connectivity index (χ2n) is 12.0. The third-order valence-electron chi connectivity index (χ3n) is 8.47. The van der Waals surface area contributed by atoms with Crippen molar-refractivity contribution in [3.05, 3.63) is 59.7 Å². The molecule has 1 saturated heterocycles. The Bertz CT molecular complexity index is 953. The van der Waals surface area contributed by atoms with Crippen molar-refractivity contribution in [2.24, 2.45) is 11.8 Å². The van der Waals surface area contributed by atoms with Crippen molar-refractivity contribution >= 4 is 11.9 Å². The highest BCUT2D eigenvalue weighted by atomic mass is 16.7. The van der Waals surface area contributed by atoms with Crippen LogP contribution in [0, 0.1) is 11.8 Å². The van der Waals surface area contributed by atoms with Crippen LogP contribution in [0.5, 0.6) is 0 Å². The fourth-order valence-electron chi connectivity index (χ4n) is 5.72. The van der Waals surface area contributed by atoms with E-state index >= 15 is 0 Å². The molecule has 2 unspecified atom stereocenters. The molecular weight excluding hydrogens is 516 g/mol. The topological polar surface area (TPSA) is 71.1 Å². The lowest BCUT2D eigenvalue weighted by Crippen LogP contribution is -2.26. The van der Waals surface area contributed by atoms with Gasteiger partial charge in [0.1, 0.15) is 0 Å². The van der Waals surface area contributed by atoms with Crippen molar-refractivity contribution in [3.63, 3.8) is 0 Å². The van der Waals surface area contributed by atoms with Crippen LogP contribution in [0.3, 0.4) is 0 Å². The molecule has 1 aliphatic carbocycles. The molecule has 1 aromatic rings. The Hall–Kier alpha value is -2.44. The van der Waals surface area contributed by atoms with Gasteiger partial charge in [0, 0.05) is 18.1 Å². The number of aryl methyl sites for hydroxylation is 1. The molecule has 1 aliphatic heterocycles. The first-order chi connectivity index (χ1) is 19.9. The number of hydrogen-bond donors (Lipinski definition) is 0. The van der Waals surface area contributed by atoms with E-state index in [1.165, 1.54) is 62.5 Å². The third-order valence-corrected chi connectivity index (χ3v) is 8.47. The molecule has 0 radical (unpaired) electrons. The van der Waals surface area contributed by atoms with Gasteiger partial charge >= 0.3 is 11.9 Å². The molecule has 0 N–H and O–H groups in total. The minimum Gasteiger partial charge on any atom is -0.462 e. The van der Waals surface area contributed by atoms with Gasteiger partial charge in [-0.05, 0) is 87.7 Å². The highest BCUT2D eigenvalue weighted by Gasteiger charge is 2.23. The number of carbonyl (C=O) groups is 2. The number of hydrogen-bond acceptors (Lipinski definition) is 6. The zero-order valence-corrected chi connectivity index (χ0v) is 25.5. The van der Waals surface area contributed by atoms with Crippen LogP contribution in [-0.2, 0) is 35.0 Å². The van der Waals surface area contributed by atoms with E-state index in [1.807, 2.05) is 0 Å². The van der Waals surface area contributed by atoms with E-state index in [9.17, 15) is 9.59 Å². The van der Waals surface area contributed by atoms with Crippen LogP contribution in [0.1, 0.15) is 108 Å². The number of rotatable bonds is 17. The number of ether oxygens (including phenoxy) is 4.